The lowest BCUT2D eigenvalue weighted by molar-refractivity contribution is -0.121. The molecule has 0 unspecified atom stereocenters. The van der Waals surface area contributed by atoms with Crippen LogP contribution in [0, 0.1) is 0 Å². The minimum Gasteiger partial charge on any atom is -0.489 e. The number of carbonyl (C=O) groups is 2. The summed E-state index contributed by atoms with van der Waals surface area (Å²) >= 11 is 0. The van der Waals surface area contributed by atoms with Gasteiger partial charge in [-0.1, -0.05) is 60.7 Å². The Morgan fingerprint density at radius 2 is 1.47 bits per heavy atom. The molecule has 0 aliphatic carbocycles. The molecule has 32 heavy (non-hydrogen) atoms. The molecule has 0 spiro atoms. The van der Waals surface area contributed by atoms with Crippen molar-refractivity contribution in [2.24, 2.45) is 5.10 Å². The van der Waals surface area contributed by atoms with Gasteiger partial charge in [0.05, 0.1) is 6.21 Å². The number of hydrogen-bond donors (Lipinski definition) is 1. The normalized spacial score (nSPS) is 10.5. The van der Waals surface area contributed by atoms with Crippen molar-refractivity contribution in [1.82, 2.24) is 10.3 Å². The number of ether oxygens (including phenoxy) is 2. The highest BCUT2D eigenvalue weighted by molar-refractivity contribution is 5.84. The average molecular weight is 431 g/mol. The van der Waals surface area contributed by atoms with Gasteiger partial charge in [-0.2, -0.15) is 5.10 Å². The third-order valence-electron chi connectivity index (χ3n) is 4.43. The number of likely N-dealkylation sites (N-methyl/N-ethyl adjacent to an activating group) is 1. The van der Waals surface area contributed by atoms with Crippen molar-refractivity contribution in [2.75, 3.05) is 13.6 Å². The molecule has 0 aliphatic rings. The van der Waals surface area contributed by atoms with Crippen LogP contribution < -0.4 is 10.2 Å². The summed E-state index contributed by atoms with van der Waals surface area (Å²) in [5.41, 5.74) is 5.17. The SMILES string of the molecule is CN(CC(=O)N/N=C\c1ccc(OCc2ccccc2)cc1)C(=O)OCc1ccccc1. The van der Waals surface area contributed by atoms with E-state index in [0.29, 0.717) is 6.61 Å². The quantitative estimate of drug-likeness (QED) is 0.410. The van der Waals surface area contributed by atoms with Crippen molar-refractivity contribution in [1.29, 1.82) is 0 Å². The fourth-order valence-corrected chi connectivity index (χ4v) is 2.71. The highest BCUT2D eigenvalue weighted by atomic mass is 16.6. The number of nitrogens with one attached hydrogen (secondary N) is 1. The van der Waals surface area contributed by atoms with E-state index in [1.54, 1.807) is 0 Å². The van der Waals surface area contributed by atoms with Crippen molar-refractivity contribution in [3.8, 4) is 5.75 Å². The minimum atomic E-state index is -0.584. The van der Waals surface area contributed by atoms with Gasteiger partial charge in [0.1, 0.15) is 25.5 Å². The van der Waals surface area contributed by atoms with Crippen LogP contribution >= 0.6 is 0 Å². The fraction of sp³-hybridized carbons (Fsp3) is 0.160. The van der Waals surface area contributed by atoms with Gasteiger partial charge in [0.2, 0.25) is 0 Å². The second-order valence-electron chi connectivity index (χ2n) is 7.03. The van der Waals surface area contributed by atoms with Gasteiger partial charge in [-0.25, -0.2) is 10.2 Å². The summed E-state index contributed by atoms with van der Waals surface area (Å²) in [7, 11) is 1.49. The summed E-state index contributed by atoms with van der Waals surface area (Å²) in [4.78, 5) is 25.2. The van der Waals surface area contributed by atoms with Gasteiger partial charge in [0.15, 0.2) is 0 Å². The molecule has 0 bridgehead atoms. The molecule has 0 atom stereocenters. The maximum Gasteiger partial charge on any atom is 0.410 e. The summed E-state index contributed by atoms with van der Waals surface area (Å²) in [6, 6.07) is 26.6. The highest BCUT2D eigenvalue weighted by Gasteiger charge is 2.13. The molecule has 3 aromatic rings. The third kappa shape index (κ3) is 7.60. The van der Waals surface area contributed by atoms with Gasteiger partial charge in [0.25, 0.3) is 5.91 Å². The van der Waals surface area contributed by atoms with Gasteiger partial charge >= 0.3 is 6.09 Å². The molecule has 1 N–H and O–H groups in total. The van der Waals surface area contributed by atoms with Gasteiger partial charge in [0, 0.05) is 7.05 Å². The zero-order valence-corrected chi connectivity index (χ0v) is 17.8. The van der Waals surface area contributed by atoms with E-state index >= 15 is 0 Å². The molecule has 0 aromatic heterocycles. The standard InChI is InChI=1S/C25H25N3O4/c1-28(25(30)32-19-22-10-6-3-7-11-22)17-24(29)27-26-16-20-12-14-23(15-13-20)31-18-21-8-4-2-5-9-21/h2-16H,17-19H2,1H3,(H,27,29)/b26-16-. The van der Waals surface area contributed by atoms with E-state index in [1.165, 1.54) is 18.2 Å². The van der Waals surface area contributed by atoms with Crippen molar-refractivity contribution in [3.05, 3.63) is 102 Å². The van der Waals surface area contributed by atoms with Crippen LogP contribution in [0.3, 0.4) is 0 Å². The number of hydrogen-bond acceptors (Lipinski definition) is 5. The molecule has 0 heterocycles. The van der Waals surface area contributed by atoms with Crippen molar-refractivity contribution in [2.45, 2.75) is 13.2 Å². The van der Waals surface area contributed by atoms with Gasteiger partial charge in [-0.3, -0.25) is 4.79 Å². The van der Waals surface area contributed by atoms with Crippen molar-refractivity contribution < 1.29 is 19.1 Å². The van der Waals surface area contributed by atoms with E-state index in [2.05, 4.69) is 10.5 Å². The number of carbonyl (C=O) groups excluding carboxylic acids is 2. The monoisotopic (exact) mass is 431 g/mol. The lowest BCUT2D eigenvalue weighted by Gasteiger charge is -2.15. The number of nitrogens with zero attached hydrogens (tertiary/aromatic N) is 2. The Morgan fingerprint density at radius 1 is 0.875 bits per heavy atom. The van der Waals surface area contributed by atoms with E-state index in [9.17, 15) is 9.59 Å². The first-order valence-corrected chi connectivity index (χ1v) is 10.1. The summed E-state index contributed by atoms with van der Waals surface area (Å²) in [5, 5.41) is 3.93. The smallest absolute Gasteiger partial charge is 0.410 e. The van der Waals surface area contributed by atoms with E-state index < -0.39 is 12.0 Å². The van der Waals surface area contributed by atoms with Crippen LogP contribution in [0.5, 0.6) is 5.75 Å². The first kappa shape index (κ1) is 22.6. The second kappa shape index (κ2) is 11.9. The molecule has 0 saturated heterocycles. The summed E-state index contributed by atoms with van der Waals surface area (Å²) in [5.74, 6) is 0.314. The molecular weight excluding hydrogens is 406 g/mol. The lowest BCUT2D eigenvalue weighted by atomic mass is 10.2. The van der Waals surface area contributed by atoms with Gasteiger partial charge in [-0.15, -0.1) is 0 Å². The van der Waals surface area contributed by atoms with E-state index in [-0.39, 0.29) is 13.2 Å². The van der Waals surface area contributed by atoms with Crippen molar-refractivity contribution in [3.63, 3.8) is 0 Å². The highest BCUT2D eigenvalue weighted by Crippen LogP contribution is 2.13. The van der Waals surface area contributed by atoms with Gasteiger partial charge < -0.3 is 14.4 Å². The van der Waals surface area contributed by atoms with Crippen LogP contribution in [0.4, 0.5) is 4.79 Å². The van der Waals surface area contributed by atoms with Crippen LogP contribution in [0.15, 0.2) is 90.0 Å². The minimum absolute atomic E-state index is 0.148. The summed E-state index contributed by atoms with van der Waals surface area (Å²) < 4.78 is 10.9. The summed E-state index contributed by atoms with van der Waals surface area (Å²) in [6.45, 7) is 0.470. The summed E-state index contributed by atoms with van der Waals surface area (Å²) in [6.07, 6.45) is 0.936. The maximum atomic E-state index is 12.0. The van der Waals surface area contributed by atoms with Crippen LogP contribution in [0.1, 0.15) is 16.7 Å². The Bertz CT molecular complexity index is 1020. The largest absolute Gasteiger partial charge is 0.489 e. The molecule has 2 amide bonds. The van der Waals surface area contributed by atoms with Crippen LogP contribution in [-0.2, 0) is 22.7 Å². The molecule has 0 aliphatic heterocycles. The fourth-order valence-electron chi connectivity index (χ4n) is 2.71. The molecule has 3 rings (SSSR count). The molecule has 0 radical (unpaired) electrons. The van der Waals surface area contributed by atoms with Crippen LogP contribution in [0.25, 0.3) is 0 Å². The lowest BCUT2D eigenvalue weighted by Crippen LogP contribution is -2.36. The Labute approximate surface area is 187 Å². The Kier molecular flexibility index (Phi) is 8.39. The van der Waals surface area contributed by atoms with Gasteiger partial charge in [-0.05, 0) is 41.0 Å². The molecule has 7 heteroatoms. The zero-order valence-electron chi connectivity index (χ0n) is 17.8. The maximum absolute atomic E-state index is 12.0. The van der Waals surface area contributed by atoms with Crippen molar-refractivity contribution >= 4 is 18.2 Å². The predicted molar refractivity (Wildman–Crippen MR) is 122 cm³/mol. The van der Waals surface area contributed by atoms with E-state index in [4.69, 9.17) is 9.47 Å². The molecule has 3 aromatic carbocycles. The third-order valence-corrected chi connectivity index (χ3v) is 4.43. The molecular formula is C25H25N3O4. The topological polar surface area (TPSA) is 80.2 Å². The number of benzene rings is 3. The molecule has 0 saturated carbocycles. The number of amides is 2. The van der Waals surface area contributed by atoms with Crippen LogP contribution in [0.2, 0.25) is 0 Å². The van der Waals surface area contributed by atoms with E-state index in [1.807, 2.05) is 84.9 Å². The molecule has 164 valence electrons. The zero-order chi connectivity index (χ0) is 22.6. The van der Waals surface area contributed by atoms with E-state index in [0.717, 1.165) is 22.4 Å². The first-order valence-electron chi connectivity index (χ1n) is 10.1. The number of rotatable bonds is 9. The van der Waals surface area contributed by atoms with Crippen LogP contribution in [-0.4, -0.2) is 36.7 Å². The average Bonchev–Trinajstić information content (AvgIpc) is 2.83. The predicted octanol–water partition coefficient (Wildman–Crippen LogP) is 3.98. The molecule has 0 fully saturated rings. The Balaban J connectivity index is 1.38. The molecule has 7 nitrogen and oxygen atoms in total. The Hall–Kier alpha value is -4.13. The first-order chi connectivity index (χ1) is 15.6. The number of hydrazone groups is 1. The Morgan fingerprint density at radius 3 is 2.09 bits per heavy atom. The second-order valence-corrected chi connectivity index (χ2v) is 7.03.